The summed E-state index contributed by atoms with van der Waals surface area (Å²) in [5.41, 5.74) is 1.38. The van der Waals surface area contributed by atoms with Gasteiger partial charge in [-0.05, 0) is 30.0 Å². The van der Waals surface area contributed by atoms with E-state index in [4.69, 9.17) is 4.74 Å². The van der Waals surface area contributed by atoms with Crippen LogP contribution < -0.4 is 10.9 Å². The molecule has 0 spiro atoms. The summed E-state index contributed by atoms with van der Waals surface area (Å²) in [6.07, 6.45) is 1.14. The molecule has 74 valence electrons. The highest BCUT2D eigenvalue weighted by atomic mass is 16.5. The van der Waals surface area contributed by atoms with E-state index in [0.29, 0.717) is 0 Å². The third-order valence-electron chi connectivity index (χ3n) is 1.80. The Kier molecular flexibility index (Phi) is 5.16. The van der Waals surface area contributed by atoms with E-state index in [-0.39, 0.29) is 6.15 Å². The standard InChI is InChI=1S/C11H16O.H3N/c1-9(2)8-10-4-6-11(12-3)7-5-10;/h4-7,9H,8H2,1-3H3;1H3. The fourth-order valence-electron chi connectivity index (χ4n) is 1.23. The molecule has 0 atom stereocenters. The van der Waals surface area contributed by atoms with Crippen molar-refractivity contribution in [3.8, 4) is 5.75 Å². The molecule has 0 saturated heterocycles. The average Bonchev–Trinajstić information content (AvgIpc) is 2.05. The van der Waals surface area contributed by atoms with Gasteiger partial charge in [-0.2, -0.15) is 0 Å². The third-order valence-corrected chi connectivity index (χ3v) is 1.80. The largest absolute Gasteiger partial charge is 0.497 e. The van der Waals surface area contributed by atoms with E-state index < -0.39 is 0 Å². The predicted molar refractivity (Wildman–Crippen MR) is 56.6 cm³/mol. The first-order chi connectivity index (χ1) is 5.72. The zero-order valence-corrected chi connectivity index (χ0v) is 8.71. The van der Waals surface area contributed by atoms with Gasteiger partial charge in [0, 0.05) is 0 Å². The van der Waals surface area contributed by atoms with E-state index in [1.807, 2.05) is 12.1 Å². The Bertz CT molecular complexity index is 228. The summed E-state index contributed by atoms with van der Waals surface area (Å²) in [6.45, 7) is 4.45. The molecule has 0 aliphatic rings. The van der Waals surface area contributed by atoms with Gasteiger partial charge in [-0.3, -0.25) is 0 Å². The molecule has 0 aliphatic heterocycles. The zero-order valence-electron chi connectivity index (χ0n) is 8.71. The lowest BCUT2D eigenvalue weighted by Crippen LogP contribution is -1.93. The Morgan fingerprint density at radius 3 is 2.08 bits per heavy atom. The predicted octanol–water partition coefficient (Wildman–Crippen LogP) is 3.06. The van der Waals surface area contributed by atoms with Crippen molar-refractivity contribution in [3.05, 3.63) is 29.8 Å². The second kappa shape index (κ2) is 5.60. The molecular formula is C11H19NO. The van der Waals surface area contributed by atoms with E-state index in [1.165, 1.54) is 5.56 Å². The van der Waals surface area contributed by atoms with Crippen LogP contribution in [-0.2, 0) is 6.42 Å². The number of benzene rings is 1. The van der Waals surface area contributed by atoms with Crippen LogP contribution in [-0.4, -0.2) is 7.11 Å². The van der Waals surface area contributed by atoms with Crippen molar-refractivity contribution in [3.63, 3.8) is 0 Å². The van der Waals surface area contributed by atoms with Gasteiger partial charge in [-0.15, -0.1) is 0 Å². The molecule has 0 aromatic heterocycles. The highest BCUT2D eigenvalue weighted by molar-refractivity contribution is 5.27. The van der Waals surface area contributed by atoms with Crippen LogP contribution in [0.3, 0.4) is 0 Å². The molecule has 2 nitrogen and oxygen atoms in total. The summed E-state index contributed by atoms with van der Waals surface area (Å²) < 4.78 is 5.07. The molecular weight excluding hydrogens is 162 g/mol. The van der Waals surface area contributed by atoms with Gasteiger partial charge in [0.15, 0.2) is 0 Å². The van der Waals surface area contributed by atoms with Crippen LogP contribution in [0.2, 0.25) is 0 Å². The molecule has 13 heavy (non-hydrogen) atoms. The molecule has 0 bridgehead atoms. The van der Waals surface area contributed by atoms with Crippen molar-refractivity contribution in [2.24, 2.45) is 5.92 Å². The minimum atomic E-state index is 0. The van der Waals surface area contributed by atoms with Crippen LogP contribution >= 0.6 is 0 Å². The molecule has 0 heterocycles. The molecule has 0 radical (unpaired) electrons. The summed E-state index contributed by atoms with van der Waals surface area (Å²) in [7, 11) is 1.69. The molecule has 0 amide bonds. The van der Waals surface area contributed by atoms with E-state index in [2.05, 4.69) is 26.0 Å². The van der Waals surface area contributed by atoms with E-state index >= 15 is 0 Å². The van der Waals surface area contributed by atoms with Crippen LogP contribution in [0.4, 0.5) is 0 Å². The van der Waals surface area contributed by atoms with Gasteiger partial charge >= 0.3 is 0 Å². The topological polar surface area (TPSA) is 44.2 Å². The van der Waals surface area contributed by atoms with Gasteiger partial charge < -0.3 is 10.9 Å². The maximum Gasteiger partial charge on any atom is 0.118 e. The van der Waals surface area contributed by atoms with Crippen molar-refractivity contribution in [2.75, 3.05) is 7.11 Å². The van der Waals surface area contributed by atoms with Crippen LogP contribution in [0.1, 0.15) is 19.4 Å². The molecule has 0 saturated carbocycles. The van der Waals surface area contributed by atoms with Crippen LogP contribution in [0.25, 0.3) is 0 Å². The Balaban J connectivity index is 0.00000144. The summed E-state index contributed by atoms with van der Waals surface area (Å²) in [5.74, 6) is 1.65. The number of ether oxygens (including phenoxy) is 1. The second-order valence-electron chi connectivity index (χ2n) is 3.45. The van der Waals surface area contributed by atoms with E-state index in [0.717, 1.165) is 18.1 Å². The fraction of sp³-hybridized carbons (Fsp3) is 0.455. The Hall–Kier alpha value is -1.02. The lowest BCUT2D eigenvalue weighted by Gasteiger charge is -2.05. The summed E-state index contributed by atoms with van der Waals surface area (Å²) >= 11 is 0. The highest BCUT2D eigenvalue weighted by Gasteiger charge is 1.97. The maximum absolute atomic E-state index is 5.07. The lowest BCUT2D eigenvalue weighted by atomic mass is 10.0. The Morgan fingerprint density at radius 1 is 1.15 bits per heavy atom. The normalized spacial score (nSPS) is 9.54. The summed E-state index contributed by atoms with van der Waals surface area (Å²) in [4.78, 5) is 0. The van der Waals surface area contributed by atoms with Crippen molar-refractivity contribution in [1.82, 2.24) is 6.15 Å². The lowest BCUT2D eigenvalue weighted by molar-refractivity contribution is 0.414. The monoisotopic (exact) mass is 181 g/mol. The molecule has 0 fully saturated rings. The van der Waals surface area contributed by atoms with E-state index in [1.54, 1.807) is 7.11 Å². The number of rotatable bonds is 3. The molecule has 1 aromatic carbocycles. The minimum absolute atomic E-state index is 0. The number of methoxy groups -OCH3 is 1. The number of hydrogen-bond donors (Lipinski definition) is 1. The fourth-order valence-corrected chi connectivity index (χ4v) is 1.23. The average molecular weight is 181 g/mol. The third kappa shape index (κ3) is 3.95. The van der Waals surface area contributed by atoms with Crippen LogP contribution in [0, 0.1) is 5.92 Å². The zero-order chi connectivity index (χ0) is 8.97. The van der Waals surface area contributed by atoms with Crippen molar-refractivity contribution in [2.45, 2.75) is 20.3 Å². The first-order valence-electron chi connectivity index (χ1n) is 4.35. The SMILES string of the molecule is COc1ccc(CC(C)C)cc1.N. The highest BCUT2D eigenvalue weighted by Crippen LogP contribution is 2.13. The molecule has 1 aromatic rings. The quantitative estimate of drug-likeness (QED) is 0.778. The molecule has 1 rings (SSSR count). The van der Waals surface area contributed by atoms with Crippen LogP contribution in [0.15, 0.2) is 24.3 Å². The first-order valence-corrected chi connectivity index (χ1v) is 4.35. The molecule has 3 N–H and O–H groups in total. The van der Waals surface area contributed by atoms with Crippen molar-refractivity contribution < 1.29 is 4.74 Å². The van der Waals surface area contributed by atoms with Crippen LogP contribution in [0.5, 0.6) is 5.75 Å². The van der Waals surface area contributed by atoms with E-state index in [9.17, 15) is 0 Å². The molecule has 2 heteroatoms. The van der Waals surface area contributed by atoms with Gasteiger partial charge in [-0.1, -0.05) is 26.0 Å². The summed E-state index contributed by atoms with van der Waals surface area (Å²) in [6, 6.07) is 8.27. The van der Waals surface area contributed by atoms with Crippen molar-refractivity contribution >= 4 is 0 Å². The van der Waals surface area contributed by atoms with Crippen molar-refractivity contribution in [1.29, 1.82) is 0 Å². The van der Waals surface area contributed by atoms with Gasteiger partial charge in [0.2, 0.25) is 0 Å². The smallest absolute Gasteiger partial charge is 0.118 e. The Morgan fingerprint density at radius 2 is 1.69 bits per heavy atom. The molecule has 0 unspecified atom stereocenters. The van der Waals surface area contributed by atoms with Gasteiger partial charge in [0.1, 0.15) is 5.75 Å². The first kappa shape index (κ1) is 12.0. The van der Waals surface area contributed by atoms with Gasteiger partial charge in [0.25, 0.3) is 0 Å². The molecule has 0 aliphatic carbocycles. The maximum atomic E-state index is 5.07. The van der Waals surface area contributed by atoms with Gasteiger partial charge in [0.05, 0.1) is 7.11 Å². The second-order valence-corrected chi connectivity index (χ2v) is 3.45. The minimum Gasteiger partial charge on any atom is -0.497 e. The summed E-state index contributed by atoms with van der Waals surface area (Å²) in [5, 5.41) is 0. The Labute approximate surface area is 80.5 Å². The number of hydrogen-bond acceptors (Lipinski definition) is 2. The van der Waals surface area contributed by atoms with Gasteiger partial charge in [-0.25, -0.2) is 0 Å².